The van der Waals surface area contributed by atoms with E-state index < -0.39 is 43.2 Å². The molecule has 2 rings (SSSR count). The Morgan fingerprint density at radius 1 is 0.437 bits per heavy atom. The van der Waals surface area contributed by atoms with E-state index in [9.17, 15) is 25.2 Å². The number of aliphatic hydroxyl groups is 4. The van der Waals surface area contributed by atoms with Crippen molar-refractivity contribution in [2.24, 2.45) is 0 Å². The summed E-state index contributed by atoms with van der Waals surface area (Å²) in [7, 11) is 0. The predicted octanol–water partition coefficient (Wildman–Crippen LogP) is 15.8. The Balaban J connectivity index is 2.03. The normalized spacial score (nSPS) is 18.0. The Labute approximate surface area is 436 Å². The van der Waals surface area contributed by atoms with E-state index in [1.165, 1.54) is 218 Å². The van der Waals surface area contributed by atoms with Crippen LogP contribution in [0.2, 0.25) is 0 Å². The monoisotopic (exact) mass is 1000 g/mol. The van der Waals surface area contributed by atoms with Crippen molar-refractivity contribution >= 4 is 5.91 Å². The van der Waals surface area contributed by atoms with Crippen molar-refractivity contribution in [2.45, 2.75) is 321 Å². The molecule has 1 aliphatic heterocycles. The molecule has 0 aromatic heterocycles. The highest BCUT2D eigenvalue weighted by atomic mass is 16.6. The van der Waals surface area contributed by atoms with Crippen LogP contribution >= 0.6 is 0 Å². The number of ether oxygens (including phenoxy) is 4. The largest absolute Gasteiger partial charge is 0.490 e. The quantitative estimate of drug-likeness (QED) is 0.0403. The highest BCUT2D eigenvalue weighted by Crippen LogP contribution is 2.40. The van der Waals surface area contributed by atoms with Crippen molar-refractivity contribution in [1.82, 2.24) is 5.32 Å². The number of hydrogen-bond donors (Lipinski definition) is 5. The average Bonchev–Trinajstić information content (AvgIpc) is 3.37. The first-order chi connectivity index (χ1) is 34.9. The average molecular weight is 1000 g/mol. The molecule has 0 aliphatic carbocycles. The van der Waals surface area contributed by atoms with Crippen LogP contribution in [0.25, 0.3) is 0 Å². The summed E-state index contributed by atoms with van der Waals surface area (Å²) < 4.78 is 24.8. The summed E-state index contributed by atoms with van der Waals surface area (Å²) >= 11 is 0. The van der Waals surface area contributed by atoms with Gasteiger partial charge in [0.25, 0.3) is 5.91 Å². The van der Waals surface area contributed by atoms with Gasteiger partial charge in [0.1, 0.15) is 24.4 Å². The zero-order valence-corrected chi connectivity index (χ0v) is 46.4. The predicted molar refractivity (Wildman–Crippen MR) is 295 cm³/mol. The van der Waals surface area contributed by atoms with Crippen LogP contribution in [0.5, 0.6) is 17.2 Å². The molecule has 0 saturated carbocycles. The van der Waals surface area contributed by atoms with E-state index in [0.29, 0.717) is 37.1 Å². The van der Waals surface area contributed by atoms with Crippen LogP contribution < -0.4 is 19.5 Å². The molecule has 0 spiro atoms. The van der Waals surface area contributed by atoms with Crippen molar-refractivity contribution in [3.05, 3.63) is 17.7 Å². The summed E-state index contributed by atoms with van der Waals surface area (Å²) in [6, 6.07) is 2.00. The summed E-state index contributed by atoms with van der Waals surface area (Å²) in [6.45, 7) is 7.69. The van der Waals surface area contributed by atoms with Crippen molar-refractivity contribution in [1.29, 1.82) is 0 Å². The molecule has 1 aliphatic rings. The summed E-state index contributed by atoms with van der Waals surface area (Å²) in [4.78, 5) is 13.9. The number of unbranched alkanes of at least 4 members (excludes halogenated alkanes) is 39. The highest BCUT2D eigenvalue weighted by Gasteiger charge is 2.44. The smallest absolute Gasteiger partial charge is 0.252 e. The van der Waals surface area contributed by atoms with Gasteiger partial charge in [-0.25, -0.2) is 0 Å². The second-order valence-corrected chi connectivity index (χ2v) is 21.4. The van der Waals surface area contributed by atoms with Crippen LogP contribution in [-0.2, 0) is 4.74 Å². The molecule has 1 fully saturated rings. The van der Waals surface area contributed by atoms with Gasteiger partial charge in [0.2, 0.25) is 5.75 Å². The van der Waals surface area contributed by atoms with Gasteiger partial charge in [-0.05, 0) is 31.4 Å². The van der Waals surface area contributed by atoms with Gasteiger partial charge in [-0.3, -0.25) is 4.79 Å². The topological polar surface area (TPSA) is 147 Å². The summed E-state index contributed by atoms with van der Waals surface area (Å²) in [6.07, 6.45) is 47.7. The lowest BCUT2D eigenvalue weighted by molar-refractivity contribution is -0.252. The maximum Gasteiger partial charge on any atom is 0.252 e. The fraction of sp³-hybridized carbons (Fsp3) is 0.885. The maximum atomic E-state index is 13.9. The number of carbonyl (C=O) groups is 1. The third kappa shape index (κ3) is 32.7. The first kappa shape index (κ1) is 65.0. The SMILES string of the molecule is CCCCCCCCCCCCCCCCOc1cc(C(=O)N[C@H]2C(O)O[C@H](CO)[C@@H](O)[C@@H]2O)cc(OCCCCCCCCCCCCCCCC)c1OCCCCCCCCCCCCCCCC. The Bertz CT molecular complexity index is 1290. The third-order valence-electron chi connectivity index (χ3n) is 14.7. The molecular weight excluding hydrogens is 891 g/mol. The molecule has 10 nitrogen and oxygen atoms in total. The van der Waals surface area contributed by atoms with Crippen molar-refractivity contribution in [3.63, 3.8) is 0 Å². The number of nitrogens with one attached hydrogen (secondary N) is 1. The van der Waals surface area contributed by atoms with Crippen LogP contribution in [-0.4, -0.2) is 83.4 Å². The number of hydrogen-bond acceptors (Lipinski definition) is 9. The number of rotatable bonds is 51. The number of amides is 1. The van der Waals surface area contributed by atoms with Gasteiger partial charge < -0.3 is 44.7 Å². The van der Waals surface area contributed by atoms with Crippen LogP contribution in [0.1, 0.15) is 301 Å². The van der Waals surface area contributed by atoms with Crippen LogP contribution in [0, 0.1) is 0 Å². The molecule has 1 unspecified atom stereocenters. The minimum absolute atomic E-state index is 0.221. The summed E-state index contributed by atoms with van der Waals surface area (Å²) in [5.74, 6) is 0.798. The molecule has 0 radical (unpaired) electrons. The maximum absolute atomic E-state index is 13.9. The van der Waals surface area contributed by atoms with Crippen LogP contribution in [0.15, 0.2) is 12.1 Å². The van der Waals surface area contributed by atoms with E-state index in [0.717, 1.165) is 51.4 Å². The summed E-state index contributed by atoms with van der Waals surface area (Å²) in [5.41, 5.74) is 0.221. The molecule has 71 heavy (non-hydrogen) atoms. The standard InChI is InChI=1S/C61H113NO9/c1-4-7-10-13-16-19-22-25-28-31-34-37-40-43-46-68-53-49-52(60(66)62-56-58(65)57(64)55(51-63)71-61(56)67)50-54(69-47-44-41-38-35-32-29-26-23-20-17-14-11-8-5-2)59(53)70-48-45-42-39-36-33-30-27-24-21-18-15-12-9-6-3/h49-50,55-58,61,63-65,67H,4-48,51H2,1-3H3,(H,62,66)/t55-,56-,57-,58-,61?/m1/s1. The molecule has 0 bridgehead atoms. The Morgan fingerprint density at radius 2 is 0.718 bits per heavy atom. The van der Waals surface area contributed by atoms with E-state index in [-0.39, 0.29) is 5.56 Å². The fourth-order valence-electron chi connectivity index (χ4n) is 9.98. The number of benzene rings is 1. The van der Waals surface area contributed by atoms with Gasteiger partial charge in [0.15, 0.2) is 17.8 Å². The van der Waals surface area contributed by atoms with Gasteiger partial charge in [-0.15, -0.1) is 0 Å². The van der Waals surface area contributed by atoms with E-state index in [1.807, 2.05) is 0 Å². The molecule has 10 heteroatoms. The molecule has 5 atom stereocenters. The van der Waals surface area contributed by atoms with Gasteiger partial charge in [-0.1, -0.05) is 271 Å². The molecule has 1 aromatic carbocycles. The molecule has 1 aromatic rings. The zero-order valence-electron chi connectivity index (χ0n) is 46.4. The van der Waals surface area contributed by atoms with E-state index in [4.69, 9.17) is 18.9 Å². The Kier molecular flexibility index (Phi) is 42.5. The molecule has 1 amide bonds. The van der Waals surface area contributed by atoms with Crippen molar-refractivity contribution < 1.29 is 44.2 Å². The van der Waals surface area contributed by atoms with E-state index in [2.05, 4.69) is 26.1 Å². The Hall–Kier alpha value is -2.11. The van der Waals surface area contributed by atoms with Gasteiger partial charge in [0.05, 0.1) is 26.4 Å². The van der Waals surface area contributed by atoms with Gasteiger partial charge in [-0.2, -0.15) is 0 Å². The first-order valence-electron chi connectivity index (χ1n) is 30.6. The molecule has 1 saturated heterocycles. The lowest BCUT2D eigenvalue weighted by Crippen LogP contribution is -2.64. The minimum Gasteiger partial charge on any atom is -0.490 e. The zero-order chi connectivity index (χ0) is 51.3. The van der Waals surface area contributed by atoms with Gasteiger partial charge >= 0.3 is 0 Å². The van der Waals surface area contributed by atoms with E-state index >= 15 is 0 Å². The highest BCUT2D eigenvalue weighted by molar-refractivity contribution is 5.96. The second-order valence-electron chi connectivity index (χ2n) is 21.4. The molecule has 1 heterocycles. The lowest BCUT2D eigenvalue weighted by Gasteiger charge is -2.40. The fourth-order valence-corrected chi connectivity index (χ4v) is 9.98. The third-order valence-corrected chi connectivity index (χ3v) is 14.7. The second kappa shape index (κ2) is 46.4. The van der Waals surface area contributed by atoms with Gasteiger partial charge in [0, 0.05) is 5.56 Å². The molecule has 416 valence electrons. The van der Waals surface area contributed by atoms with Crippen LogP contribution in [0.3, 0.4) is 0 Å². The van der Waals surface area contributed by atoms with Crippen molar-refractivity contribution in [3.8, 4) is 17.2 Å². The minimum atomic E-state index is -1.63. The lowest BCUT2D eigenvalue weighted by atomic mass is 9.96. The van der Waals surface area contributed by atoms with Crippen LogP contribution in [0.4, 0.5) is 0 Å². The number of aliphatic hydroxyl groups excluding tert-OH is 4. The molecular formula is C61H113NO9. The van der Waals surface area contributed by atoms with Crippen molar-refractivity contribution in [2.75, 3.05) is 26.4 Å². The van der Waals surface area contributed by atoms with E-state index in [1.54, 1.807) is 12.1 Å². The number of carbonyl (C=O) groups excluding carboxylic acids is 1. The Morgan fingerprint density at radius 3 is 1.01 bits per heavy atom. The first-order valence-corrected chi connectivity index (χ1v) is 30.6. The molecule has 5 N–H and O–H groups in total. The summed E-state index contributed by atoms with van der Waals surface area (Å²) in [5, 5.41) is 44.3.